The second-order valence-corrected chi connectivity index (χ2v) is 4.79. The Morgan fingerprint density at radius 1 is 0.885 bits per heavy atom. The van der Waals surface area contributed by atoms with E-state index in [0.717, 1.165) is 6.42 Å². The minimum Gasteiger partial charge on any atom is -0.466 e. The lowest BCUT2D eigenvalue weighted by molar-refractivity contribution is -0.143. The van der Waals surface area contributed by atoms with Gasteiger partial charge in [-0.3, -0.25) is 9.59 Å². The first-order chi connectivity index (χ1) is 12.3. The average molecular weight is 369 g/mol. The summed E-state index contributed by atoms with van der Waals surface area (Å²) in [4.78, 5) is 31.4. The summed E-state index contributed by atoms with van der Waals surface area (Å²) in [6, 6.07) is 6.85. The zero-order valence-electron chi connectivity index (χ0n) is 16.4. The van der Waals surface area contributed by atoms with Crippen LogP contribution in [0.25, 0.3) is 0 Å². The molecular formula is C19H31NO6. The number of carbonyl (C=O) groups excluding carboxylic acids is 3. The largest absolute Gasteiger partial charge is 0.466 e. The van der Waals surface area contributed by atoms with Crippen LogP contribution in [0.4, 0.5) is 5.69 Å². The third-order valence-electron chi connectivity index (χ3n) is 2.56. The average Bonchev–Trinajstić information content (AvgIpc) is 2.57. The third-order valence-corrected chi connectivity index (χ3v) is 2.56. The van der Waals surface area contributed by atoms with Gasteiger partial charge in [0.25, 0.3) is 0 Å². The smallest absolute Gasteiger partial charge is 0.340 e. The number of ether oxygens (including phenoxy) is 3. The zero-order valence-corrected chi connectivity index (χ0v) is 16.4. The van der Waals surface area contributed by atoms with E-state index in [4.69, 9.17) is 10.5 Å². The molecule has 1 aromatic carbocycles. The summed E-state index contributed by atoms with van der Waals surface area (Å²) >= 11 is 0. The first kappa shape index (κ1) is 25.7. The van der Waals surface area contributed by atoms with Crippen LogP contribution in [0, 0.1) is 0 Å². The Morgan fingerprint density at radius 2 is 1.42 bits per heavy atom. The SMILES string of the molecule is CCCC(=O)OCC.CCOC(=O)c1ccccc1N.CCOC(C)=O. The van der Waals surface area contributed by atoms with Crippen LogP contribution in [-0.4, -0.2) is 37.7 Å². The second-order valence-electron chi connectivity index (χ2n) is 4.79. The van der Waals surface area contributed by atoms with Crippen molar-refractivity contribution in [1.82, 2.24) is 0 Å². The Hall–Kier alpha value is -2.57. The molecule has 0 fully saturated rings. The second kappa shape index (κ2) is 17.3. The molecule has 0 atom stereocenters. The monoisotopic (exact) mass is 369 g/mol. The highest BCUT2D eigenvalue weighted by atomic mass is 16.5. The van der Waals surface area contributed by atoms with Crippen LogP contribution in [0.3, 0.4) is 0 Å². The van der Waals surface area contributed by atoms with Crippen LogP contribution >= 0.6 is 0 Å². The molecule has 0 aromatic heterocycles. The number of hydrogen-bond acceptors (Lipinski definition) is 7. The van der Waals surface area contributed by atoms with Crippen molar-refractivity contribution in [2.75, 3.05) is 25.6 Å². The first-order valence-corrected chi connectivity index (χ1v) is 8.64. The molecule has 0 aliphatic rings. The van der Waals surface area contributed by atoms with Gasteiger partial charge in [-0.1, -0.05) is 19.1 Å². The summed E-state index contributed by atoms with van der Waals surface area (Å²) in [7, 11) is 0. The lowest BCUT2D eigenvalue weighted by Crippen LogP contribution is -2.07. The quantitative estimate of drug-likeness (QED) is 0.465. The van der Waals surface area contributed by atoms with Crippen LogP contribution in [-0.2, 0) is 23.8 Å². The number of nitrogen functional groups attached to an aromatic ring is 1. The summed E-state index contributed by atoms with van der Waals surface area (Å²) in [6.45, 7) is 10.0. The maximum absolute atomic E-state index is 11.2. The molecule has 0 aliphatic heterocycles. The molecule has 1 aromatic rings. The fourth-order valence-corrected chi connectivity index (χ4v) is 1.53. The first-order valence-electron chi connectivity index (χ1n) is 8.64. The molecule has 0 bridgehead atoms. The fraction of sp³-hybridized carbons (Fsp3) is 0.526. The van der Waals surface area contributed by atoms with E-state index in [9.17, 15) is 14.4 Å². The van der Waals surface area contributed by atoms with E-state index in [1.165, 1.54) is 6.92 Å². The molecule has 2 N–H and O–H groups in total. The van der Waals surface area contributed by atoms with Crippen molar-refractivity contribution >= 4 is 23.6 Å². The molecule has 0 unspecified atom stereocenters. The number of esters is 3. The van der Waals surface area contributed by atoms with Gasteiger partial charge < -0.3 is 19.9 Å². The van der Waals surface area contributed by atoms with Gasteiger partial charge in [0.2, 0.25) is 0 Å². The number of nitrogens with two attached hydrogens (primary N) is 1. The highest BCUT2D eigenvalue weighted by molar-refractivity contribution is 5.94. The predicted octanol–water partition coefficient (Wildman–Crippen LogP) is 3.36. The van der Waals surface area contributed by atoms with Crippen molar-refractivity contribution < 1.29 is 28.6 Å². The topological polar surface area (TPSA) is 105 Å². The number of anilines is 1. The molecule has 0 amide bonds. The van der Waals surface area contributed by atoms with Gasteiger partial charge in [-0.15, -0.1) is 0 Å². The Labute approximate surface area is 155 Å². The maximum atomic E-state index is 11.2. The van der Waals surface area contributed by atoms with Crippen LogP contribution < -0.4 is 5.73 Å². The van der Waals surface area contributed by atoms with Gasteiger partial charge in [0.05, 0.1) is 25.4 Å². The van der Waals surface area contributed by atoms with Gasteiger partial charge in [-0.05, 0) is 39.3 Å². The van der Waals surface area contributed by atoms with Gasteiger partial charge in [0, 0.05) is 19.0 Å². The zero-order chi connectivity index (χ0) is 20.4. The van der Waals surface area contributed by atoms with Gasteiger partial charge in [-0.25, -0.2) is 4.79 Å². The van der Waals surface area contributed by atoms with E-state index in [-0.39, 0.29) is 17.9 Å². The Morgan fingerprint density at radius 3 is 1.81 bits per heavy atom. The van der Waals surface area contributed by atoms with E-state index in [2.05, 4.69) is 9.47 Å². The summed E-state index contributed by atoms with van der Waals surface area (Å²) < 4.78 is 13.8. The van der Waals surface area contributed by atoms with Crippen LogP contribution in [0.5, 0.6) is 0 Å². The van der Waals surface area contributed by atoms with Crippen molar-refractivity contribution in [2.24, 2.45) is 0 Å². The summed E-state index contributed by atoms with van der Waals surface area (Å²) in [5.74, 6) is -0.664. The van der Waals surface area contributed by atoms with E-state index >= 15 is 0 Å². The van der Waals surface area contributed by atoms with Crippen molar-refractivity contribution in [3.63, 3.8) is 0 Å². The van der Waals surface area contributed by atoms with Crippen molar-refractivity contribution in [3.8, 4) is 0 Å². The van der Waals surface area contributed by atoms with Crippen molar-refractivity contribution in [2.45, 2.75) is 47.5 Å². The number of hydrogen-bond donors (Lipinski definition) is 1. The van der Waals surface area contributed by atoms with Gasteiger partial charge >= 0.3 is 17.9 Å². The highest BCUT2D eigenvalue weighted by Gasteiger charge is 2.08. The van der Waals surface area contributed by atoms with Crippen molar-refractivity contribution in [3.05, 3.63) is 29.8 Å². The summed E-state index contributed by atoms with van der Waals surface area (Å²) in [5, 5.41) is 0. The van der Waals surface area contributed by atoms with Crippen LogP contribution in [0.1, 0.15) is 57.8 Å². The predicted molar refractivity (Wildman–Crippen MR) is 101 cm³/mol. The molecular weight excluding hydrogens is 338 g/mol. The number of benzene rings is 1. The van der Waals surface area contributed by atoms with Crippen molar-refractivity contribution in [1.29, 1.82) is 0 Å². The lowest BCUT2D eigenvalue weighted by Gasteiger charge is -2.03. The Balaban J connectivity index is 0. The maximum Gasteiger partial charge on any atom is 0.340 e. The highest BCUT2D eigenvalue weighted by Crippen LogP contribution is 2.11. The Kier molecular flexibility index (Phi) is 17.0. The minimum absolute atomic E-state index is 0.0880. The fourth-order valence-electron chi connectivity index (χ4n) is 1.53. The number of rotatable bonds is 6. The molecule has 1 rings (SSSR count). The summed E-state index contributed by atoms with van der Waals surface area (Å²) in [6.07, 6.45) is 1.42. The van der Waals surface area contributed by atoms with E-state index in [1.54, 1.807) is 38.1 Å². The van der Waals surface area contributed by atoms with E-state index < -0.39 is 0 Å². The Bertz CT molecular complexity index is 523. The molecule has 26 heavy (non-hydrogen) atoms. The van der Waals surface area contributed by atoms with Gasteiger partial charge in [0.15, 0.2) is 0 Å². The van der Waals surface area contributed by atoms with Gasteiger partial charge in [0.1, 0.15) is 0 Å². The van der Waals surface area contributed by atoms with E-state index in [1.807, 2.05) is 13.8 Å². The molecule has 7 nitrogen and oxygen atoms in total. The number of para-hydroxylation sites is 1. The van der Waals surface area contributed by atoms with E-state index in [0.29, 0.717) is 37.5 Å². The molecule has 0 radical (unpaired) electrons. The lowest BCUT2D eigenvalue weighted by atomic mass is 10.2. The van der Waals surface area contributed by atoms with Crippen LogP contribution in [0.2, 0.25) is 0 Å². The minimum atomic E-state index is -0.365. The molecule has 148 valence electrons. The molecule has 0 spiro atoms. The molecule has 0 heterocycles. The molecule has 0 aliphatic carbocycles. The molecule has 0 saturated heterocycles. The summed E-state index contributed by atoms with van der Waals surface area (Å²) in [5.41, 5.74) is 6.44. The number of carbonyl (C=O) groups is 3. The van der Waals surface area contributed by atoms with Crippen LogP contribution in [0.15, 0.2) is 24.3 Å². The normalized spacial score (nSPS) is 8.81. The van der Waals surface area contributed by atoms with Gasteiger partial charge in [-0.2, -0.15) is 0 Å². The third kappa shape index (κ3) is 15.0. The standard InChI is InChI=1S/C9H11NO2.C6H12O2.C4H8O2/c1-2-12-9(11)7-5-3-4-6-8(7)10;1-3-5-6(7)8-4-2;1-3-6-4(2)5/h3-6H,2,10H2,1H3;3-5H2,1-2H3;3H2,1-2H3. The molecule has 7 heteroatoms. The molecule has 0 saturated carbocycles.